The summed E-state index contributed by atoms with van der Waals surface area (Å²) in [5, 5.41) is 0. The van der Waals surface area contributed by atoms with Gasteiger partial charge in [-0.15, -0.1) is 0 Å². The summed E-state index contributed by atoms with van der Waals surface area (Å²) in [6, 6.07) is 4.24. The van der Waals surface area contributed by atoms with Gasteiger partial charge >= 0.3 is 6.18 Å². The van der Waals surface area contributed by atoms with E-state index in [1.165, 1.54) is 6.07 Å². The Morgan fingerprint density at radius 2 is 1.65 bits per heavy atom. The van der Waals surface area contributed by atoms with Gasteiger partial charge in [-0.05, 0) is 32.0 Å². The summed E-state index contributed by atoms with van der Waals surface area (Å²) in [7, 11) is 0. The van der Waals surface area contributed by atoms with Crippen molar-refractivity contribution in [3.8, 4) is 0 Å². The lowest BCUT2D eigenvalue weighted by molar-refractivity contribution is -0.137. The molecule has 3 nitrogen and oxygen atoms in total. The first-order chi connectivity index (χ1) is 9.27. The fraction of sp³-hybridized carbons (Fsp3) is 0.571. The van der Waals surface area contributed by atoms with Crippen molar-refractivity contribution in [2.75, 3.05) is 36.8 Å². The molecular weight excluding hydrogens is 267 g/mol. The van der Waals surface area contributed by atoms with E-state index in [1.54, 1.807) is 6.07 Å². The molecule has 0 radical (unpaired) electrons. The molecule has 20 heavy (non-hydrogen) atoms. The van der Waals surface area contributed by atoms with Gasteiger partial charge in [-0.1, -0.05) is 0 Å². The van der Waals surface area contributed by atoms with Crippen LogP contribution in [0.4, 0.5) is 24.5 Å². The highest BCUT2D eigenvalue weighted by atomic mass is 19.4. The fourth-order valence-electron chi connectivity index (χ4n) is 2.48. The molecule has 1 fully saturated rings. The van der Waals surface area contributed by atoms with Crippen molar-refractivity contribution >= 4 is 11.4 Å². The minimum absolute atomic E-state index is 0.154. The van der Waals surface area contributed by atoms with Crippen LogP contribution in [0.15, 0.2) is 18.2 Å². The van der Waals surface area contributed by atoms with Crippen molar-refractivity contribution in [3.63, 3.8) is 0 Å². The van der Waals surface area contributed by atoms with Crippen LogP contribution in [-0.2, 0) is 6.18 Å². The van der Waals surface area contributed by atoms with Crippen molar-refractivity contribution in [2.24, 2.45) is 0 Å². The Balaban J connectivity index is 2.16. The quantitative estimate of drug-likeness (QED) is 0.849. The Morgan fingerprint density at radius 3 is 2.15 bits per heavy atom. The molecule has 0 unspecified atom stereocenters. The van der Waals surface area contributed by atoms with Crippen molar-refractivity contribution in [1.29, 1.82) is 0 Å². The lowest BCUT2D eigenvalue weighted by Gasteiger charge is -2.38. The zero-order valence-corrected chi connectivity index (χ0v) is 11.7. The monoisotopic (exact) mass is 287 g/mol. The maximum atomic E-state index is 12.8. The van der Waals surface area contributed by atoms with E-state index in [0.717, 1.165) is 32.2 Å². The third kappa shape index (κ3) is 3.36. The van der Waals surface area contributed by atoms with Crippen LogP contribution in [0.5, 0.6) is 0 Å². The number of nitrogens with two attached hydrogens (primary N) is 1. The smallest absolute Gasteiger partial charge is 0.399 e. The first-order valence-electron chi connectivity index (χ1n) is 6.74. The van der Waals surface area contributed by atoms with Gasteiger partial charge in [0, 0.05) is 43.6 Å². The number of alkyl halides is 3. The maximum Gasteiger partial charge on any atom is 0.416 e. The van der Waals surface area contributed by atoms with Crippen LogP contribution >= 0.6 is 0 Å². The Labute approximate surface area is 117 Å². The van der Waals surface area contributed by atoms with Gasteiger partial charge in [0.1, 0.15) is 0 Å². The minimum atomic E-state index is -4.36. The molecule has 0 aliphatic carbocycles. The number of nitrogen functional groups attached to an aromatic ring is 1. The van der Waals surface area contributed by atoms with Crippen molar-refractivity contribution < 1.29 is 13.2 Å². The van der Waals surface area contributed by atoms with Crippen LogP contribution < -0.4 is 10.6 Å². The van der Waals surface area contributed by atoms with Gasteiger partial charge in [-0.3, -0.25) is 4.90 Å². The van der Waals surface area contributed by atoms with Crippen LogP contribution in [0.1, 0.15) is 19.4 Å². The molecule has 0 aromatic heterocycles. The number of benzene rings is 1. The van der Waals surface area contributed by atoms with E-state index in [4.69, 9.17) is 5.73 Å². The molecule has 0 saturated carbocycles. The molecular formula is C14H20F3N3. The average molecular weight is 287 g/mol. The van der Waals surface area contributed by atoms with E-state index >= 15 is 0 Å². The molecule has 1 aromatic carbocycles. The zero-order chi connectivity index (χ0) is 14.9. The fourth-order valence-corrected chi connectivity index (χ4v) is 2.48. The number of nitrogens with zero attached hydrogens (tertiary/aromatic N) is 2. The third-order valence-corrected chi connectivity index (χ3v) is 3.68. The molecule has 0 spiro atoms. The Morgan fingerprint density at radius 1 is 1.05 bits per heavy atom. The zero-order valence-electron chi connectivity index (χ0n) is 11.7. The highest BCUT2D eigenvalue weighted by molar-refractivity contribution is 5.59. The van der Waals surface area contributed by atoms with E-state index < -0.39 is 11.7 Å². The van der Waals surface area contributed by atoms with Gasteiger partial charge in [-0.25, -0.2) is 0 Å². The van der Waals surface area contributed by atoms with Crippen LogP contribution in [0.25, 0.3) is 0 Å². The van der Waals surface area contributed by atoms with Crippen molar-refractivity contribution in [3.05, 3.63) is 23.8 Å². The van der Waals surface area contributed by atoms with Gasteiger partial charge in [0.15, 0.2) is 0 Å². The Hall–Kier alpha value is -1.43. The molecule has 2 rings (SSSR count). The number of piperazine rings is 1. The van der Waals surface area contributed by atoms with Crippen LogP contribution in [0.3, 0.4) is 0 Å². The molecule has 0 amide bonds. The number of hydrogen-bond donors (Lipinski definition) is 1. The topological polar surface area (TPSA) is 32.5 Å². The Bertz CT molecular complexity index is 463. The summed E-state index contributed by atoms with van der Waals surface area (Å²) in [6.07, 6.45) is -4.36. The predicted octanol–water partition coefficient (Wildman–Crippen LogP) is 2.82. The molecule has 2 N–H and O–H groups in total. The molecule has 1 heterocycles. The summed E-state index contributed by atoms with van der Waals surface area (Å²) in [5.41, 5.74) is 5.63. The van der Waals surface area contributed by atoms with Crippen molar-refractivity contribution in [2.45, 2.75) is 26.1 Å². The summed E-state index contributed by atoms with van der Waals surface area (Å²) < 4.78 is 38.4. The van der Waals surface area contributed by atoms with E-state index in [-0.39, 0.29) is 5.69 Å². The summed E-state index contributed by atoms with van der Waals surface area (Å²) in [6.45, 7) is 7.40. The highest BCUT2D eigenvalue weighted by Crippen LogP contribution is 2.34. The number of halogens is 3. The second kappa shape index (κ2) is 5.52. The standard InChI is InChI=1S/C14H20F3N3/c1-10(2)19-3-5-20(6-4-19)13-8-11(14(15,16)17)7-12(18)9-13/h7-10H,3-6,18H2,1-2H3. The minimum Gasteiger partial charge on any atom is -0.399 e. The van der Waals surface area contributed by atoms with Gasteiger partial charge < -0.3 is 10.6 Å². The van der Waals surface area contributed by atoms with E-state index in [9.17, 15) is 13.2 Å². The molecule has 1 aliphatic heterocycles. The van der Waals surface area contributed by atoms with Crippen LogP contribution in [0, 0.1) is 0 Å². The lowest BCUT2D eigenvalue weighted by Crippen LogP contribution is -2.48. The SMILES string of the molecule is CC(C)N1CCN(c2cc(N)cc(C(F)(F)F)c2)CC1. The second-order valence-corrected chi connectivity index (χ2v) is 5.43. The maximum absolute atomic E-state index is 12.8. The number of rotatable bonds is 2. The van der Waals surface area contributed by atoms with Gasteiger partial charge in [0.05, 0.1) is 5.56 Å². The first-order valence-corrected chi connectivity index (χ1v) is 6.74. The number of anilines is 2. The van der Waals surface area contributed by atoms with Gasteiger partial charge in [0.2, 0.25) is 0 Å². The van der Waals surface area contributed by atoms with Crippen LogP contribution in [0.2, 0.25) is 0 Å². The second-order valence-electron chi connectivity index (χ2n) is 5.43. The highest BCUT2D eigenvalue weighted by Gasteiger charge is 2.32. The van der Waals surface area contributed by atoms with Gasteiger partial charge in [-0.2, -0.15) is 13.2 Å². The van der Waals surface area contributed by atoms with E-state index in [1.807, 2.05) is 4.90 Å². The molecule has 0 bridgehead atoms. The van der Waals surface area contributed by atoms with Crippen molar-refractivity contribution in [1.82, 2.24) is 4.90 Å². The third-order valence-electron chi connectivity index (χ3n) is 3.68. The molecule has 1 saturated heterocycles. The molecule has 112 valence electrons. The predicted molar refractivity (Wildman–Crippen MR) is 74.8 cm³/mol. The summed E-state index contributed by atoms with van der Waals surface area (Å²) in [4.78, 5) is 4.28. The average Bonchev–Trinajstić information content (AvgIpc) is 2.37. The normalized spacial score (nSPS) is 17.8. The molecule has 1 aromatic rings. The number of hydrogen-bond acceptors (Lipinski definition) is 3. The lowest BCUT2D eigenvalue weighted by atomic mass is 10.1. The first kappa shape index (κ1) is 15.0. The largest absolute Gasteiger partial charge is 0.416 e. The van der Waals surface area contributed by atoms with E-state index in [2.05, 4.69) is 18.7 Å². The van der Waals surface area contributed by atoms with Crippen LogP contribution in [-0.4, -0.2) is 37.1 Å². The summed E-state index contributed by atoms with van der Waals surface area (Å²) >= 11 is 0. The Kier molecular flexibility index (Phi) is 4.13. The molecule has 0 atom stereocenters. The van der Waals surface area contributed by atoms with E-state index in [0.29, 0.717) is 11.7 Å². The molecule has 1 aliphatic rings. The summed E-state index contributed by atoms with van der Waals surface area (Å²) in [5.74, 6) is 0. The molecule has 6 heteroatoms. The van der Waals surface area contributed by atoms with Gasteiger partial charge in [0.25, 0.3) is 0 Å².